The van der Waals surface area contributed by atoms with Gasteiger partial charge in [-0.05, 0) is 43.0 Å². The Balaban J connectivity index is 1.99. The normalized spacial score (nSPS) is 17.0. The quantitative estimate of drug-likeness (QED) is 0.900. The zero-order valence-corrected chi connectivity index (χ0v) is 11.0. The predicted octanol–water partition coefficient (Wildman–Crippen LogP) is 2.87. The Bertz CT molecular complexity index is 610. The molecule has 0 amide bonds. The first-order valence-corrected chi connectivity index (χ1v) is 6.74. The molecule has 0 saturated carbocycles. The number of carbonyl (C=O) groups is 1. The zero-order valence-electron chi connectivity index (χ0n) is 11.0. The van der Waals surface area contributed by atoms with Crippen LogP contribution in [0.3, 0.4) is 0 Å². The minimum absolute atomic E-state index is 0.329. The highest BCUT2D eigenvalue weighted by Gasteiger charge is 2.18. The van der Waals surface area contributed by atoms with Crippen LogP contribution in [0.25, 0.3) is 5.52 Å². The van der Waals surface area contributed by atoms with Crippen molar-refractivity contribution in [2.45, 2.75) is 19.8 Å². The molecule has 0 aromatic carbocycles. The van der Waals surface area contributed by atoms with Crippen molar-refractivity contribution in [2.24, 2.45) is 5.92 Å². The number of carboxylic acids is 1. The molecular weight excluding hydrogens is 240 g/mol. The minimum Gasteiger partial charge on any atom is -0.478 e. The number of fused-ring (bicyclic) bond motifs is 1. The highest BCUT2D eigenvalue weighted by atomic mass is 16.4. The fourth-order valence-corrected chi connectivity index (χ4v) is 2.71. The summed E-state index contributed by atoms with van der Waals surface area (Å²) in [6, 6.07) is 7.63. The third-order valence-corrected chi connectivity index (χ3v) is 3.98. The lowest BCUT2D eigenvalue weighted by atomic mass is 9.99. The lowest BCUT2D eigenvalue weighted by Gasteiger charge is -2.31. The first-order chi connectivity index (χ1) is 9.15. The van der Waals surface area contributed by atoms with E-state index in [1.165, 1.54) is 12.8 Å². The van der Waals surface area contributed by atoms with Crippen molar-refractivity contribution in [3.05, 3.63) is 36.0 Å². The van der Waals surface area contributed by atoms with Crippen molar-refractivity contribution in [1.29, 1.82) is 0 Å². The van der Waals surface area contributed by atoms with Crippen LogP contribution in [0.2, 0.25) is 0 Å². The summed E-state index contributed by atoms with van der Waals surface area (Å²) in [5.74, 6) is 1.01. The summed E-state index contributed by atoms with van der Waals surface area (Å²) in [6.45, 7) is 4.38. The van der Waals surface area contributed by atoms with E-state index in [1.807, 2.05) is 16.5 Å². The molecule has 0 spiro atoms. The summed E-state index contributed by atoms with van der Waals surface area (Å²) in [6.07, 6.45) is 4.11. The second-order valence-corrected chi connectivity index (χ2v) is 5.38. The number of aromatic carboxylic acids is 1. The Labute approximate surface area is 112 Å². The molecule has 4 heteroatoms. The molecule has 0 atom stereocenters. The lowest BCUT2D eigenvalue weighted by Crippen LogP contribution is -2.33. The fraction of sp³-hybridized carbons (Fsp3) is 0.400. The second kappa shape index (κ2) is 4.61. The third-order valence-electron chi connectivity index (χ3n) is 3.98. The topological polar surface area (TPSA) is 45.0 Å². The Kier molecular flexibility index (Phi) is 2.93. The predicted molar refractivity (Wildman–Crippen MR) is 75.0 cm³/mol. The van der Waals surface area contributed by atoms with E-state index in [0.717, 1.165) is 30.3 Å². The van der Waals surface area contributed by atoms with Gasteiger partial charge < -0.3 is 14.4 Å². The van der Waals surface area contributed by atoms with Crippen LogP contribution in [0.4, 0.5) is 5.82 Å². The minimum atomic E-state index is -0.881. The number of pyridine rings is 1. The van der Waals surface area contributed by atoms with Crippen LogP contribution in [-0.2, 0) is 0 Å². The summed E-state index contributed by atoms with van der Waals surface area (Å²) in [5.41, 5.74) is 1.37. The van der Waals surface area contributed by atoms with E-state index in [2.05, 4.69) is 17.9 Å². The van der Waals surface area contributed by atoms with Crippen molar-refractivity contribution in [2.75, 3.05) is 18.0 Å². The molecule has 0 unspecified atom stereocenters. The molecule has 19 heavy (non-hydrogen) atoms. The van der Waals surface area contributed by atoms with E-state index in [0.29, 0.717) is 5.56 Å². The van der Waals surface area contributed by atoms with Gasteiger partial charge in [-0.25, -0.2) is 4.79 Å². The molecule has 4 nitrogen and oxygen atoms in total. The fourth-order valence-electron chi connectivity index (χ4n) is 2.71. The van der Waals surface area contributed by atoms with Gasteiger partial charge in [-0.2, -0.15) is 0 Å². The number of hydrogen-bond donors (Lipinski definition) is 1. The van der Waals surface area contributed by atoms with Crippen LogP contribution in [-0.4, -0.2) is 28.6 Å². The first-order valence-electron chi connectivity index (χ1n) is 6.74. The Hall–Kier alpha value is -1.97. The molecule has 3 heterocycles. The average molecular weight is 258 g/mol. The Morgan fingerprint density at radius 3 is 2.58 bits per heavy atom. The van der Waals surface area contributed by atoms with Gasteiger partial charge in [0.15, 0.2) is 0 Å². The van der Waals surface area contributed by atoms with E-state index in [1.54, 1.807) is 12.3 Å². The lowest BCUT2D eigenvalue weighted by molar-refractivity contribution is 0.0696. The number of carboxylic acid groups (broad SMARTS) is 1. The molecule has 1 N–H and O–H groups in total. The maximum atomic E-state index is 11.1. The molecule has 2 aromatic heterocycles. The molecule has 3 rings (SSSR count). The number of piperidine rings is 1. The average Bonchev–Trinajstić information content (AvgIpc) is 2.82. The Morgan fingerprint density at radius 1 is 1.21 bits per heavy atom. The third kappa shape index (κ3) is 2.18. The molecule has 1 saturated heterocycles. The maximum Gasteiger partial charge on any atom is 0.337 e. The van der Waals surface area contributed by atoms with E-state index < -0.39 is 5.97 Å². The summed E-state index contributed by atoms with van der Waals surface area (Å²) in [4.78, 5) is 13.4. The summed E-state index contributed by atoms with van der Waals surface area (Å²) in [5, 5.41) is 9.09. The van der Waals surface area contributed by atoms with E-state index in [-0.39, 0.29) is 0 Å². The molecule has 1 aliphatic heterocycles. The van der Waals surface area contributed by atoms with Crippen LogP contribution in [0, 0.1) is 5.92 Å². The van der Waals surface area contributed by atoms with Gasteiger partial charge in [0.25, 0.3) is 0 Å². The van der Waals surface area contributed by atoms with Gasteiger partial charge in [0.1, 0.15) is 5.82 Å². The van der Waals surface area contributed by atoms with Gasteiger partial charge in [-0.1, -0.05) is 6.92 Å². The molecule has 100 valence electrons. The molecular formula is C15H18N2O2. The second-order valence-electron chi connectivity index (χ2n) is 5.38. The van der Waals surface area contributed by atoms with Crippen LogP contribution in [0.15, 0.2) is 30.5 Å². The molecule has 0 aliphatic carbocycles. The first kappa shape index (κ1) is 12.1. The van der Waals surface area contributed by atoms with Crippen LogP contribution in [0.1, 0.15) is 30.1 Å². The molecule has 2 aromatic rings. The molecule has 0 bridgehead atoms. The van der Waals surface area contributed by atoms with Gasteiger partial charge in [-0.3, -0.25) is 0 Å². The van der Waals surface area contributed by atoms with Crippen molar-refractivity contribution in [3.8, 4) is 0 Å². The number of rotatable bonds is 2. The van der Waals surface area contributed by atoms with Crippen molar-refractivity contribution in [1.82, 2.24) is 4.40 Å². The van der Waals surface area contributed by atoms with Gasteiger partial charge in [0.05, 0.1) is 5.56 Å². The monoisotopic (exact) mass is 258 g/mol. The summed E-state index contributed by atoms with van der Waals surface area (Å²) in [7, 11) is 0. The molecule has 0 radical (unpaired) electrons. The molecule has 1 aliphatic rings. The van der Waals surface area contributed by atoms with Crippen LogP contribution in [0.5, 0.6) is 0 Å². The van der Waals surface area contributed by atoms with Crippen molar-refractivity contribution in [3.63, 3.8) is 0 Å². The van der Waals surface area contributed by atoms with E-state index in [4.69, 9.17) is 5.11 Å². The number of aromatic nitrogens is 1. The van der Waals surface area contributed by atoms with Gasteiger partial charge in [0.2, 0.25) is 0 Å². The summed E-state index contributed by atoms with van der Waals surface area (Å²) >= 11 is 0. The summed E-state index contributed by atoms with van der Waals surface area (Å²) < 4.78 is 1.99. The van der Waals surface area contributed by atoms with Crippen molar-refractivity contribution < 1.29 is 9.90 Å². The largest absolute Gasteiger partial charge is 0.478 e. The number of hydrogen-bond acceptors (Lipinski definition) is 2. The molecule has 1 fully saturated rings. The van der Waals surface area contributed by atoms with Crippen LogP contribution < -0.4 is 4.90 Å². The number of nitrogens with zero attached hydrogens (tertiary/aromatic N) is 2. The highest BCUT2D eigenvalue weighted by molar-refractivity contribution is 5.88. The maximum absolute atomic E-state index is 11.1. The standard InChI is InChI=1S/C15H18N2O2/c1-11-6-8-16(9-7-11)14-5-4-13-3-2-12(15(18)19)10-17(13)14/h2-5,10-11H,6-9H2,1H3,(H,18,19). The van der Waals surface area contributed by atoms with Crippen LogP contribution >= 0.6 is 0 Å². The van der Waals surface area contributed by atoms with Gasteiger partial charge in [-0.15, -0.1) is 0 Å². The SMILES string of the molecule is CC1CCN(c2ccc3ccc(C(=O)O)cn23)CC1. The Morgan fingerprint density at radius 2 is 1.89 bits per heavy atom. The number of anilines is 1. The van der Waals surface area contributed by atoms with E-state index in [9.17, 15) is 4.79 Å². The van der Waals surface area contributed by atoms with Gasteiger partial charge in [0, 0.05) is 24.8 Å². The van der Waals surface area contributed by atoms with Crippen molar-refractivity contribution >= 4 is 17.3 Å². The highest BCUT2D eigenvalue weighted by Crippen LogP contribution is 2.25. The smallest absolute Gasteiger partial charge is 0.337 e. The van der Waals surface area contributed by atoms with E-state index >= 15 is 0 Å². The van der Waals surface area contributed by atoms with Gasteiger partial charge >= 0.3 is 5.97 Å². The zero-order chi connectivity index (χ0) is 13.4.